The fourth-order valence-corrected chi connectivity index (χ4v) is 5.36. The molecule has 0 atom stereocenters. The van der Waals surface area contributed by atoms with Crippen LogP contribution in [0.15, 0.2) is 45.6 Å². The molecule has 0 bridgehead atoms. The Morgan fingerprint density at radius 3 is 2.38 bits per heavy atom. The molecule has 2 aromatic carbocycles. The Morgan fingerprint density at radius 2 is 1.72 bits per heavy atom. The average molecular weight is 491 g/mol. The zero-order valence-electron chi connectivity index (χ0n) is 16.1. The van der Waals surface area contributed by atoms with Crippen LogP contribution in [0.2, 0.25) is 15.1 Å². The molecular weight excluding hydrogens is 473 g/mol. The van der Waals surface area contributed by atoms with Crippen molar-refractivity contribution in [2.24, 2.45) is 12.0 Å². The summed E-state index contributed by atoms with van der Waals surface area (Å²) < 4.78 is 28.1. The average Bonchev–Trinajstić information content (AvgIpc) is 3.00. The van der Waals surface area contributed by atoms with Crippen LogP contribution in [-0.4, -0.2) is 31.4 Å². The maximum absolute atomic E-state index is 12.6. The van der Waals surface area contributed by atoms with Gasteiger partial charge < -0.3 is 4.57 Å². The molecule has 0 radical (unpaired) electrons. The van der Waals surface area contributed by atoms with E-state index in [1.165, 1.54) is 25.4 Å². The summed E-state index contributed by atoms with van der Waals surface area (Å²) in [5.74, 6) is 0. The molecule has 10 heteroatoms. The third kappa shape index (κ3) is 4.40. The molecule has 0 aliphatic heterocycles. The van der Waals surface area contributed by atoms with Gasteiger partial charge in [0.15, 0.2) is 4.80 Å². The summed E-state index contributed by atoms with van der Waals surface area (Å²) >= 11 is 20.0. The molecule has 1 heterocycles. The number of aromatic nitrogens is 1. The Hall–Kier alpha value is -1.35. The van der Waals surface area contributed by atoms with E-state index in [0.717, 1.165) is 15.6 Å². The number of hydrogen-bond acceptors (Lipinski definition) is 4. The number of thiazole rings is 1. The summed E-state index contributed by atoms with van der Waals surface area (Å²) in [7, 11) is 1.13. The van der Waals surface area contributed by atoms with Gasteiger partial charge in [-0.1, -0.05) is 40.9 Å². The molecule has 0 amide bonds. The standard InChI is InChI=1S/C19H18Cl3N3O2S2/c1-11-7-16(15(22)9-14(11)21)23-19-25(4)17(10-28-19)12-5-6-13(20)18(8-12)29(26,27)24(2)3/h5-10H,1-4H3. The van der Waals surface area contributed by atoms with Gasteiger partial charge in [0.05, 0.1) is 21.4 Å². The molecule has 0 spiro atoms. The van der Waals surface area contributed by atoms with Crippen molar-refractivity contribution >= 4 is 61.9 Å². The highest BCUT2D eigenvalue weighted by atomic mass is 35.5. The molecule has 0 saturated carbocycles. The normalized spacial score (nSPS) is 12.8. The highest BCUT2D eigenvalue weighted by molar-refractivity contribution is 7.89. The predicted molar refractivity (Wildman–Crippen MR) is 121 cm³/mol. The molecule has 29 heavy (non-hydrogen) atoms. The van der Waals surface area contributed by atoms with E-state index in [1.807, 2.05) is 30.0 Å². The molecule has 5 nitrogen and oxygen atoms in total. The van der Waals surface area contributed by atoms with Crippen molar-refractivity contribution in [2.75, 3.05) is 14.1 Å². The molecule has 1 aromatic heterocycles. The second-order valence-electron chi connectivity index (χ2n) is 6.56. The molecule has 0 aliphatic carbocycles. The summed E-state index contributed by atoms with van der Waals surface area (Å²) in [6, 6.07) is 8.43. The van der Waals surface area contributed by atoms with Crippen molar-refractivity contribution < 1.29 is 8.42 Å². The number of hydrogen-bond donors (Lipinski definition) is 0. The van der Waals surface area contributed by atoms with E-state index < -0.39 is 10.0 Å². The lowest BCUT2D eigenvalue weighted by molar-refractivity contribution is 0.521. The highest BCUT2D eigenvalue weighted by Crippen LogP contribution is 2.32. The summed E-state index contributed by atoms with van der Waals surface area (Å²) in [5.41, 5.74) is 3.02. The molecule has 0 fully saturated rings. The quantitative estimate of drug-likeness (QED) is 0.484. The molecule has 3 rings (SSSR count). The lowest BCUT2D eigenvalue weighted by Crippen LogP contribution is -2.22. The van der Waals surface area contributed by atoms with Crippen LogP contribution in [0.4, 0.5) is 5.69 Å². The predicted octanol–water partition coefficient (Wildman–Crippen LogP) is 5.50. The van der Waals surface area contributed by atoms with Gasteiger partial charge in [0, 0.05) is 37.1 Å². The SMILES string of the molecule is Cc1cc(N=c2scc(-c3ccc(Cl)c(S(=O)(=O)N(C)C)c3)n2C)c(Cl)cc1Cl. The Labute approximate surface area is 188 Å². The Morgan fingerprint density at radius 1 is 1.03 bits per heavy atom. The molecular formula is C19H18Cl3N3O2S2. The second kappa shape index (κ2) is 8.41. The third-order valence-electron chi connectivity index (χ3n) is 4.35. The monoisotopic (exact) mass is 489 g/mol. The first kappa shape index (κ1) is 22.3. The third-order valence-corrected chi connectivity index (χ3v) is 8.28. The number of aryl methyl sites for hydroxylation is 1. The van der Waals surface area contributed by atoms with E-state index in [1.54, 1.807) is 24.3 Å². The van der Waals surface area contributed by atoms with Crippen molar-refractivity contribution in [3.05, 3.63) is 61.1 Å². The van der Waals surface area contributed by atoms with Gasteiger partial charge in [-0.3, -0.25) is 0 Å². The van der Waals surface area contributed by atoms with Crippen molar-refractivity contribution in [1.29, 1.82) is 0 Å². The topological polar surface area (TPSA) is 54.7 Å². The summed E-state index contributed by atoms with van der Waals surface area (Å²) in [6.07, 6.45) is 0. The van der Waals surface area contributed by atoms with E-state index in [4.69, 9.17) is 34.8 Å². The van der Waals surface area contributed by atoms with Crippen LogP contribution in [0.5, 0.6) is 0 Å². The Kier molecular flexibility index (Phi) is 6.48. The van der Waals surface area contributed by atoms with Crippen molar-refractivity contribution in [3.63, 3.8) is 0 Å². The van der Waals surface area contributed by atoms with Crippen LogP contribution < -0.4 is 4.80 Å². The zero-order valence-corrected chi connectivity index (χ0v) is 20.0. The van der Waals surface area contributed by atoms with E-state index >= 15 is 0 Å². The number of halogens is 3. The summed E-state index contributed by atoms with van der Waals surface area (Å²) in [5, 5.41) is 3.13. The number of sulfonamides is 1. The highest BCUT2D eigenvalue weighted by Gasteiger charge is 2.22. The lowest BCUT2D eigenvalue weighted by atomic mass is 10.2. The van der Waals surface area contributed by atoms with Crippen molar-refractivity contribution in [3.8, 4) is 11.3 Å². The van der Waals surface area contributed by atoms with E-state index in [9.17, 15) is 8.42 Å². The van der Waals surface area contributed by atoms with E-state index in [-0.39, 0.29) is 9.92 Å². The van der Waals surface area contributed by atoms with E-state index in [2.05, 4.69) is 4.99 Å². The fraction of sp³-hybridized carbons (Fsp3) is 0.211. The largest absolute Gasteiger partial charge is 0.320 e. The van der Waals surface area contributed by atoms with Crippen LogP contribution in [0.25, 0.3) is 11.3 Å². The first-order chi connectivity index (χ1) is 13.5. The van der Waals surface area contributed by atoms with Gasteiger partial charge >= 0.3 is 0 Å². The lowest BCUT2D eigenvalue weighted by Gasteiger charge is -2.14. The van der Waals surface area contributed by atoms with Gasteiger partial charge in [-0.2, -0.15) is 0 Å². The van der Waals surface area contributed by atoms with Crippen LogP contribution >= 0.6 is 46.1 Å². The minimum absolute atomic E-state index is 0.0581. The number of rotatable bonds is 4. The van der Waals surface area contributed by atoms with Crippen molar-refractivity contribution in [2.45, 2.75) is 11.8 Å². The van der Waals surface area contributed by atoms with Gasteiger partial charge in [0.2, 0.25) is 10.0 Å². The Balaban J connectivity index is 2.13. The van der Waals surface area contributed by atoms with Gasteiger partial charge in [-0.25, -0.2) is 17.7 Å². The smallest absolute Gasteiger partial charge is 0.244 e. The van der Waals surface area contributed by atoms with Gasteiger partial charge in [-0.15, -0.1) is 11.3 Å². The summed E-state index contributed by atoms with van der Waals surface area (Å²) in [6.45, 7) is 1.89. The first-order valence-corrected chi connectivity index (χ1v) is 11.8. The van der Waals surface area contributed by atoms with Gasteiger partial charge in [0.1, 0.15) is 4.90 Å². The first-order valence-electron chi connectivity index (χ1n) is 8.39. The van der Waals surface area contributed by atoms with Crippen LogP contribution in [-0.2, 0) is 17.1 Å². The minimum atomic E-state index is -3.66. The maximum atomic E-state index is 12.6. The van der Waals surface area contributed by atoms with Gasteiger partial charge in [0.25, 0.3) is 0 Å². The van der Waals surface area contributed by atoms with Crippen LogP contribution in [0, 0.1) is 6.92 Å². The fourth-order valence-electron chi connectivity index (χ4n) is 2.62. The number of nitrogens with zero attached hydrogens (tertiary/aromatic N) is 3. The van der Waals surface area contributed by atoms with Crippen molar-refractivity contribution in [1.82, 2.24) is 8.87 Å². The second-order valence-corrected chi connectivity index (χ2v) is 10.7. The number of benzene rings is 2. The molecule has 0 N–H and O–H groups in total. The van der Waals surface area contributed by atoms with Crippen LogP contribution in [0.1, 0.15) is 5.56 Å². The van der Waals surface area contributed by atoms with Crippen LogP contribution in [0.3, 0.4) is 0 Å². The maximum Gasteiger partial charge on any atom is 0.244 e. The molecule has 3 aromatic rings. The minimum Gasteiger partial charge on any atom is -0.320 e. The molecule has 154 valence electrons. The molecule has 0 unspecified atom stereocenters. The molecule has 0 saturated heterocycles. The molecule has 0 aliphatic rings. The van der Waals surface area contributed by atoms with E-state index in [0.29, 0.717) is 26.1 Å². The summed E-state index contributed by atoms with van der Waals surface area (Å²) in [4.78, 5) is 5.41. The zero-order chi connectivity index (χ0) is 21.5. The Bertz CT molecular complexity index is 1260. The van der Waals surface area contributed by atoms with Gasteiger partial charge in [-0.05, 0) is 36.8 Å².